The van der Waals surface area contributed by atoms with E-state index in [1.54, 1.807) is 26.5 Å². The standard InChI is InChI=1S/C17H19N7O2S/c1-9-4-5-18-15(20-9)22-16-21-14-11-8-19-23-12(11)6-10(7-13(14)27-16)26-17(25)24(2)3/h4-5,8,10H,6-7H2,1-3H3,(H,19,23)(H,18,20,21,22). The molecule has 1 amide bonds. The number of fused-ring (bicyclic) bond motifs is 3. The first-order chi connectivity index (χ1) is 13.0. The predicted octanol–water partition coefficient (Wildman–Crippen LogP) is 2.54. The number of carbonyl (C=O) groups excluding carboxylic acids is 1. The molecule has 10 heteroatoms. The van der Waals surface area contributed by atoms with Crippen LogP contribution < -0.4 is 5.32 Å². The molecular weight excluding hydrogens is 366 g/mol. The first-order valence-electron chi connectivity index (χ1n) is 8.46. The van der Waals surface area contributed by atoms with Crippen molar-refractivity contribution in [1.29, 1.82) is 0 Å². The summed E-state index contributed by atoms with van der Waals surface area (Å²) < 4.78 is 5.63. The van der Waals surface area contributed by atoms with E-state index < -0.39 is 0 Å². The highest BCUT2D eigenvalue weighted by atomic mass is 32.1. The summed E-state index contributed by atoms with van der Waals surface area (Å²) in [6.45, 7) is 1.91. The fourth-order valence-corrected chi connectivity index (χ4v) is 3.90. The van der Waals surface area contributed by atoms with E-state index in [9.17, 15) is 4.79 Å². The SMILES string of the molecule is Cc1ccnc(Nc2nc3c(s2)CC(OC(=O)N(C)C)Cc2[nH]ncc2-3)n1. The van der Waals surface area contributed by atoms with Crippen molar-refractivity contribution >= 4 is 28.5 Å². The number of rotatable bonds is 3. The van der Waals surface area contributed by atoms with E-state index in [0.29, 0.717) is 23.9 Å². The van der Waals surface area contributed by atoms with Gasteiger partial charge < -0.3 is 15.0 Å². The zero-order valence-corrected chi connectivity index (χ0v) is 16.0. The minimum absolute atomic E-state index is 0.288. The summed E-state index contributed by atoms with van der Waals surface area (Å²) in [7, 11) is 3.34. The number of ether oxygens (including phenoxy) is 1. The normalized spacial score (nSPS) is 15.4. The Morgan fingerprint density at radius 1 is 1.37 bits per heavy atom. The molecule has 4 rings (SSSR count). The highest BCUT2D eigenvalue weighted by molar-refractivity contribution is 7.16. The molecule has 0 spiro atoms. The number of thiazole rings is 1. The van der Waals surface area contributed by atoms with E-state index in [-0.39, 0.29) is 12.2 Å². The van der Waals surface area contributed by atoms with Gasteiger partial charge in [0, 0.05) is 55.0 Å². The molecule has 1 unspecified atom stereocenters. The fraction of sp³-hybridized carbons (Fsp3) is 0.353. The molecule has 0 saturated carbocycles. The molecule has 3 aromatic heterocycles. The van der Waals surface area contributed by atoms with Crippen LogP contribution in [0.15, 0.2) is 18.5 Å². The van der Waals surface area contributed by atoms with E-state index >= 15 is 0 Å². The first kappa shape index (κ1) is 17.4. The molecule has 1 aliphatic carbocycles. The zero-order valence-electron chi connectivity index (χ0n) is 15.2. The van der Waals surface area contributed by atoms with E-state index in [0.717, 1.165) is 27.5 Å². The molecule has 0 fully saturated rings. The highest BCUT2D eigenvalue weighted by Gasteiger charge is 2.29. The van der Waals surface area contributed by atoms with Crippen molar-refractivity contribution in [3.05, 3.63) is 34.7 Å². The summed E-state index contributed by atoms with van der Waals surface area (Å²) >= 11 is 1.51. The number of carbonyl (C=O) groups is 1. The highest BCUT2D eigenvalue weighted by Crippen LogP contribution is 2.37. The number of nitrogens with one attached hydrogen (secondary N) is 2. The second-order valence-electron chi connectivity index (χ2n) is 6.51. The lowest BCUT2D eigenvalue weighted by Gasteiger charge is -2.18. The van der Waals surface area contributed by atoms with Crippen LogP contribution in [0.3, 0.4) is 0 Å². The van der Waals surface area contributed by atoms with Gasteiger partial charge in [0.05, 0.1) is 11.9 Å². The van der Waals surface area contributed by atoms with Crippen LogP contribution in [0.1, 0.15) is 16.3 Å². The number of H-pyrrole nitrogens is 1. The predicted molar refractivity (Wildman–Crippen MR) is 101 cm³/mol. The minimum atomic E-state index is -0.361. The van der Waals surface area contributed by atoms with Crippen molar-refractivity contribution in [3.63, 3.8) is 0 Å². The van der Waals surface area contributed by atoms with E-state index in [1.165, 1.54) is 16.2 Å². The number of hydrogen-bond donors (Lipinski definition) is 2. The van der Waals surface area contributed by atoms with Gasteiger partial charge in [-0.1, -0.05) is 0 Å². The van der Waals surface area contributed by atoms with Gasteiger partial charge in [-0.3, -0.25) is 5.10 Å². The van der Waals surface area contributed by atoms with Crippen molar-refractivity contribution in [1.82, 2.24) is 30.0 Å². The van der Waals surface area contributed by atoms with Gasteiger partial charge in [0.25, 0.3) is 0 Å². The minimum Gasteiger partial charge on any atom is -0.445 e. The number of hydrogen-bond acceptors (Lipinski definition) is 8. The van der Waals surface area contributed by atoms with Crippen molar-refractivity contribution < 1.29 is 9.53 Å². The number of aromatic nitrogens is 5. The van der Waals surface area contributed by atoms with Gasteiger partial charge in [0.15, 0.2) is 5.13 Å². The zero-order chi connectivity index (χ0) is 19.0. The van der Waals surface area contributed by atoms with Crippen LogP contribution in [0.2, 0.25) is 0 Å². The maximum Gasteiger partial charge on any atom is 0.409 e. The molecule has 2 N–H and O–H groups in total. The maximum absolute atomic E-state index is 12.0. The van der Waals surface area contributed by atoms with Gasteiger partial charge in [0.1, 0.15) is 6.10 Å². The largest absolute Gasteiger partial charge is 0.445 e. The van der Waals surface area contributed by atoms with Gasteiger partial charge in [-0.15, -0.1) is 11.3 Å². The van der Waals surface area contributed by atoms with Crippen LogP contribution in [-0.2, 0) is 17.6 Å². The molecule has 0 bridgehead atoms. The van der Waals surface area contributed by atoms with Crippen molar-refractivity contribution in [2.24, 2.45) is 0 Å². The second-order valence-corrected chi connectivity index (χ2v) is 7.59. The monoisotopic (exact) mass is 385 g/mol. The third-order valence-corrected chi connectivity index (χ3v) is 5.15. The van der Waals surface area contributed by atoms with Crippen LogP contribution >= 0.6 is 11.3 Å². The van der Waals surface area contributed by atoms with E-state index in [4.69, 9.17) is 9.72 Å². The van der Waals surface area contributed by atoms with Gasteiger partial charge in [0.2, 0.25) is 5.95 Å². The van der Waals surface area contributed by atoms with Crippen LogP contribution in [0.4, 0.5) is 15.9 Å². The molecule has 1 aliphatic rings. The summed E-state index contributed by atoms with van der Waals surface area (Å²) in [6, 6.07) is 1.84. The van der Waals surface area contributed by atoms with Gasteiger partial charge in [-0.25, -0.2) is 19.7 Å². The maximum atomic E-state index is 12.0. The first-order valence-corrected chi connectivity index (χ1v) is 9.28. The molecular formula is C17H19N7O2S. The molecule has 1 atom stereocenters. The second kappa shape index (κ2) is 6.95. The number of anilines is 2. The lowest BCUT2D eigenvalue weighted by Crippen LogP contribution is -2.30. The van der Waals surface area contributed by atoms with Crippen molar-refractivity contribution in [2.75, 3.05) is 19.4 Å². The summed E-state index contributed by atoms with van der Waals surface area (Å²) in [5.74, 6) is 0.502. The molecule has 9 nitrogen and oxygen atoms in total. The molecule has 0 radical (unpaired) electrons. The van der Waals surface area contributed by atoms with E-state index in [1.807, 2.05) is 13.0 Å². The van der Waals surface area contributed by atoms with Crippen LogP contribution in [0.5, 0.6) is 0 Å². The van der Waals surface area contributed by atoms with E-state index in [2.05, 4.69) is 25.5 Å². The topological polar surface area (TPSA) is 109 Å². The van der Waals surface area contributed by atoms with Crippen LogP contribution in [0.25, 0.3) is 11.3 Å². The summed E-state index contributed by atoms with van der Waals surface area (Å²) in [6.07, 6.45) is 3.97. The molecule has 3 heterocycles. The molecule has 0 saturated heterocycles. The number of nitrogens with zero attached hydrogens (tertiary/aromatic N) is 5. The molecule has 27 heavy (non-hydrogen) atoms. The molecule has 140 valence electrons. The molecule has 0 aliphatic heterocycles. The Hall–Kier alpha value is -3.01. The molecule has 3 aromatic rings. The van der Waals surface area contributed by atoms with Gasteiger partial charge >= 0.3 is 6.09 Å². The Bertz CT molecular complexity index is 981. The Balaban J connectivity index is 1.64. The Labute approximate surface area is 159 Å². The number of amides is 1. The summed E-state index contributed by atoms with van der Waals surface area (Å²) in [5.41, 5.74) is 3.57. The quantitative estimate of drug-likeness (QED) is 0.713. The van der Waals surface area contributed by atoms with Gasteiger partial charge in [-0.2, -0.15) is 5.10 Å². The lowest BCUT2D eigenvalue weighted by molar-refractivity contribution is 0.0750. The summed E-state index contributed by atoms with van der Waals surface area (Å²) in [5, 5.41) is 11.0. The van der Waals surface area contributed by atoms with Crippen molar-refractivity contribution in [3.8, 4) is 11.3 Å². The number of aromatic amines is 1. The average molecular weight is 385 g/mol. The van der Waals surface area contributed by atoms with Crippen LogP contribution in [-0.4, -0.2) is 56.3 Å². The molecule has 0 aromatic carbocycles. The number of aryl methyl sites for hydroxylation is 1. The average Bonchev–Trinajstić information content (AvgIpc) is 3.19. The third-order valence-electron chi connectivity index (χ3n) is 4.16. The summed E-state index contributed by atoms with van der Waals surface area (Å²) in [4.78, 5) is 27.7. The Morgan fingerprint density at radius 3 is 3.00 bits per heavy atom. The third kappa shape index (κ3) is 3.61. The van der Waals surface area contributed by atoms with Crippen LogP contribution in [0, 0.1) is 6.92 Å². The Morgan fingerprint density at radius 2 is 2.22 bits per heavy atom. The Kier molecular flexibility index (Phi) is 4.48. The van der Waals surface area contributed by atoms with Crippen molar-refractivity contribution in [2.45, 2.75) is 25.9 Å². The smallest absolute Gasteiger partial charge is 0.409 e. The van der Waals surface area contributed by atoms with Gasteiger partial charge in [-0.05, 0) is 13.0 Å². The fourth-order valence-electron chi connectivity index (χ4n) is 2.87. The lowest BCUT2D eigenvalue weighted by atomic mass is 10.1.